The number of nitrogens with one attached hydrogen (secondary N) is 2. The molecule has 1 saturated heterocycles. The molecule has 36 heavy (non-hydrogen) atoms. The van der Waals surface area contributed by atoms with E-state index in [9.17, 15) is 14.8 Å². The molecule has 8 nitrogen and oxygen atoms in total. The summed E-state index contributed by atoms with van der Waals surface area (Å²) in [6, 6.07) is 16.9. The number of carbonyl (C=O) groups is 2. The van der Waals surface area contributed by atoms with E-state index in [1.165, 1.54) is 0 Å². The standard InChI is InChI=1S/C28H28N4O4/c1-17-12-19(21-4-2-3-5-23(21)30-17)15-36-20-6-7-24-18(13-20)8-11-32(24)27(34)25-22(26(33)31-35)14-28(9-10-28)16-29-25/h2-8,11-13,22,25,29,35H,9-10,14-16H2,1H3,(H,31,33). The molecule has 2 aromatic heterocycles. The predicted octanol–water partition coefficient (Wildman–Crippen LogP) is 3.98. The van der Waals surface area contributed by atoms with Crippen LogP contribution >= 0.6 is 0 Å². The molecule has 2 aliphatic rings. The van der Waals surface area contributed by atoms with Crippen molar-refractivity contribution in [3.63, 3.8) is 0 Å². The first kappa shape index (κ1) is 22.7. The second-order valence-corrected chi connectivity index (χ2v) is 10.1. The molecule has 0 radical (unpaired) electrons. The topological polar surface area (TPSA) is 105 Å². The Morgan fingerprint density at radius 1 is 1.19 bits per heavy atom. The van der Waals surface area contributed by atoms with Gasteiger partial charge in [0.2, 0.25) is 11.8 Å². The number of hydrogen-bond acceptors (Lipinski definition) is 6. The van der Waals surface area contributed by atoms with Crippen molar-refractivity contribution < 1.29 is 19.5 Å². The van der Waals surface area contributed by atoms with Gasteiger partial charge in [-0.2, -0.15) is 0 Å². The van der Waals surface area contributed by atoms with Gasteiger partial charge in [0.25, 0.3) is 0 Å². The Balaban J connectivity index is 1.23. The fraction of sp³-hybridized carbons (Fsp3) is 0.321. The third kappa shape index (κ3) is 4.02. The summed E-state index contributed by atoms with van der Waals surface area (Å²) in [5, 5.41) is 14.5. The number of fused-ring (bicyclic) bond motifs is 2. The number of para-hydroxylation sites is 1. The summed E-state index contributed by atoms with van der Waals surface area (Å²) in [5.41, 5.74) is 5.53. The van der Waals surface area contributed by atoms with Crippen molar-refractivity contribution in [2.45, 2.75) is 38.8 Å². The first-order valence-corrected chi connectivity index (χ1v) is 12.3. The minimum Gasteiger partial charge on any atom is -0.489 e. The van der Waals surface area contributed by atoms with E-state index in [1.54, 1.807) is 16.2 Å². The molecule has 1 saturated carbocycles. The van der Waals surface area contributed by atoms with Crippen molar-refractivity contribution >= 4 is 33.6 Å². The van der Waals surface area contributed by atoms with Crippen LogP contribution in [0.25, 0.3) is 21.8 Å². The van der Waals surface area contributed by atoms with Gasteiger partial charge in [-0.3, -0.25) is 24.3 Å². The van der Waals surface area contributed by atoms with Crippen LogP contribution in [0.2, 0.25) is 0 Å². The molecule has 0 bridgehead atoms. The van der Waals surface area contributed by atoms with Crippen molar-refractivity contribution in [2.24, 2.45) is 11.3 Å². The van der Waals surface area contributed by atoms with Gasteiger partial charge in [0, 0.05) is 34.8 Å². The monoisotopic (exact) mass is 484 g/mol. The lowest BCUT2D eigenvalue weighted by atomic mass is 9.81. The highest BCUT2D eigenvalue weighted by atomic mass is 16.5. The Morgan fingerprint density at radius 2 is 2.03 bits per heavy atom. The van der Waals surface area contributed by atoms with Crippen LogP contribution in [0.3, 0.4) is 0 Å². The minimum absolute atomic E-state index is 0.0810. The molecule has 8 heteroatoms. The number of benzene rings is 2. The number of rotatable bonds is 5. The Hall–Kier alpha value is -3.75. The van der Waals surface area contributed by atoms with E-state index >= 15 is 0 Å². The molecule has 1 aliphatic heterocycles. The molecule has 1 spiro atoms. The van der Waals surface area contributed by atoms with Gasteiger partial charge in [0.1, 0.15) is 12.4 Å². The molecule has 1 aliphatic carbocycles. The van der Waals surface area contributed by atoms with Crippen LogP contribution in [0.1, 0.15) is 35.3 Å². The smallest absolute Gasteiger partial charge is 0.249 e. The number of aryl methyl sites for hydroxylation is 1. The summed E-state index contributed by atoms with van der Waals surface area (Å²) >= 11 is 0. The average molecular weight is 485 g/mol. The van der Waals surface area contributed by atoms with Crippen LogP contribution < -0.4 is 15.5 Å². The molecule has 6 rings (SSSR count). The van der Waals surface area contributed by atoms with Gasteiger partial charge in [-0.05, 0) is 68.0 Å². The lowest BCUT2D eigenvalue weighted by Gasteiger charge is -2.35. The number of nitrogens with zero attached hydrogens (tertiary/aromatic N) is 2. The van der Waals surface area contributed by atoms with Gasteiger partial charge in [-0.15, -0.1) is 0 Å². The van der Waals surface area contributed by atoms with Gasteiger partial charge in [0.05, 0.1) is 23.0 Å². The summed E-state index contributed by atoms with van der Waals surface area (Å²) in [4.78, 5) is 30.5. The molecule has 3 N–H and O–H groups in total. The van der Waals surface area contributed by atoms with E-state index in [0.29, 0.717) is 25.3 Å². The maximum atomic E-state index is 13.5. The Kier molecular flexibility index (Phi) is 5.50. The summed E-state index contributed by atoms with van der Waals surface area (Å²) < 4.78 is 7.71. The zero-order valence-electron chi connectivity index (χ0n) is 20.0. The summed E-state index contributed by atoms with van der Waals surface area (Å²) in [6.07, 6.45) is 4.41. The number of hydrogen-bond donors (Lipinski definition) is 3. The second-order valence-electron chi connectivity index (χ2n) is 10.1. The van der Waals surface area contributed by atoms with Crippen LogP contribution in [0, 0.1) is 18.3 Å². The molecule has 1 amide bonds. The first-order valence-electron chi connectivity index (χ1n) is 12.3. The lowest BCUT2D eigenvalue weighted by Crippen LogP contribution is -2.56. The molecule has 4 aromatic rings. The second kappa shape index (κ2) is 8.72. The van der Waals surface area contributed by atoms with E-state index in [-0.39, 0.29) is 11.3 Å². The third-order valence-electron chi connectivity index (χ3n) is 7.65. The SMILES string of the molecule is Cc1cc(COc2ccc3c(ccn3C(=O)C3NCC4(CC4)CC3C(=O)NO)c2)c2ccccc2n1. The highest BCUT2D eigenvalue weighted by Gasteiger charge is 2.52. The third-order valence-corrected chi connectivity index (χ3v) is 7.65. The van der Waals surface area contributed by atoms with E-state index < -0.39 is 17.9 Å². The molecule has 2 fully saturated rings. The van der Waals surface area contributed by atoms with Gasteiger partial charge in [-0.25, -0.2) is 5.48 Å². The number of pyridine rings is 1. The lowest BCUT2D eigenvalue weighted by molar-refractivity contribution is -0.135. The molecule has 3 heterocycles. The van der Waals surface area contributed by atoms with Crippen molar-refractivity contribution in [1.29, 1.82) is 0 Å². The zero-order valence-corrected chi connectivity index (χ0v) is 20.0. The zero-order chi connectivity index (χ0) is 24.9. The largest absolute Gasteiger partial charge is 0.489 e. The fourth-order valence-corrected chi connectivity index (χ4v) is 5.50. The van der Waals surface area contributed by atoms with Crippen LogP contribution in [-0.4, -0.2) is 39.2 Å². The van der Waals surface area contributed by atoms with Crippen molar-refractivity contribution in [3.05, 3.63) is 72.1 Å². The molecular weight excluding hydrogens is 456 g/mol. The van der Waals surface area contributed by atoms with E-state index in [1.807, 2.05) is 61.5 Å². The summed E-state index contributed by atoms with van der Waals surface area (Å²) in [7, 11) is 0. The highest BCUT2D eigenvalue weighted by molar-refractivity contribution is 5.98. The Labute approximate surface area is 208 Å². The average Bonchev–Trinajstić information content (AvgIpc) is 3.51. The normalized spacial score (nSPS) is 20.5. The Bertz CT molecular complexity index is 1490. The van der Waals surface area contributed by atoms with Crippen molar-refractivity contribution in [3.8, 4) is 5.75 Å². The van der Waals surface area contributed by atoms with E-state index in [4.69, 9.17) is 4.74 Å². The van der Waals surface area contributed by atoms with Gasteiger partial charge >= 0.3 is 0 Å². The van der Waals surface area contributed by atoms with E-state index in [0.717, 1.165) is 45.9 Å². The number of piperidine rings is 1. The fourth-order valence-electron chi connectivity index (χ4n) is 5.50. The number of carbonyl (C=O) groups excluding carboxylic acids is 2. The quantitative estimate of drug-likeness (QED) is 0.292. The maximum absolute atomic E-state index is 13.5. The Morgan fingerprint density at radius 3 is 2.83 bits per heavy atom. The van der Waals surface area contributed by atoms with Crippen molar-refractivity contribution in [2.75, 3.05) is 6.54 Å². The summed E-state index contributed by atoms with van der Waals surface area (Å²) in [6.45, 7) is 3.09. The molecule has 2 aromatic carbocycles. The number of ether oxygens (including phenoxy) is 1. The van der Waals surface area contributed by atoms with Crippen molar-refractivity contribution in [1.82, 2.24) is 20.3 Å². The molecule has 2 atom stereocenters. The number of amides is 1. The van der Waals surface area contributed by atoms with E-state index in [2.05, 4.69) is 10.3 Å². The molecular formula is C28H28N4O4. The van der Waals surface area contributed by atoms with Gasteiger partial charge in [-0.1, -0.05) is 18.2 Å². The molecule has 2 unspecified atom stereocenters. The van der Waals surface area contributed by atoms with Crippen LogP contribution in [0.5, 0.6) is 5.75 Å². The predicted molar refractivity (Wildman–Crippen MR) is 135 cm³/mol. The highest BCUT2D eigenvalue weighted by Crippen LogP contribution is 2.52. The number of hydroxylamine groups is 1. The van der Waals surface area contributed by atoms with Crippen LogP contribution in [0.15, 0.2) is 60.8 Å². The van der Waals surface area contributed by atoms with Crippen LogP contribution in [0.4, 0.5) is 0 Å². The summed E-state index contributed by atoms with van der Waals surface area (Å²) in [5.74, 6) is -0.632. The number of aromatic nitrogens is 2. The maximum Gasteiger partial charge on any atom is 0.249 e. The molecule has 184 valence electrons. The van der Waals surface area contributed by atoms with Gasteiger partial charge < -0.3 is 10.1 Å². The first-order chi connectivity index (χ1) is 17.5. The van der Waals surface area contributed by atoms with Gasteiger partial charge in [0.15, 0.2) is 0 Å². The minimum atomic E-state index is -0.696. The van der Waals surface area contributed by atoms with Crippen LogP contribution in [-0.2, 0) is 11.4 Å².